The lowest BCUT2D eigenvalue weighted by Crippen LogP contribution is -2.43. The van der Waals surface area contributed by atoms with E-state index >= 15 is 0 Å². The Bertz CT molecular complexity index is 911. The van der Waals surface area contributed by atoms with Gasteiger partial charge in [-0.2, -0.15) is 0 Å². The molecule has 1 amide bonds. The molecule has 0 spiro atoms. The molecule has 8 nitrogen and oxygen atoms in total. The van der Waals surface area contributed by atoms with Gasteiger partial charge in [-0.1, -0.05) is 18.6 Å². The van der Waals surface area contributed by atoms with Crippen molar-refractivity contribution < 1.29 is 4.79 Å². The summed E-state index contributed by atoms with van der Waals surface area (Å²) in [6.07, 6.45) is 8.36. The highest BCUT2D eigenvalue weighted by Crippen LogP contribution is 2.20. The van der Waals surface area contributed by atoms with Crippen molar-refractivity contribution in [3.63, 3.8) is 0 Å². The Kier molecular flexibility index (Phi) is 5.89. The van der Waals surface area contributed by atoms with Crippen LogP contribution in [-0.4, -0.2) is 38.1 Å². The first-order valence-electron chi connectivity index (χ1n) is 9.79. The molecule has 3 N–H and O–H groups in total. The van der Waals surface area contributed by atoms with Crippen LogP contribution in [0, 0.1) is 0 Å². The van der Waals surface area contributed by atoms with Crippen LogP contribution in [0.5, 0.6) is 0 Å². The third-order valence-electron chi connectivity index (χ3n) is 5.03. The van der Waals surface area contributed by atoms with Crippen LogP contribution >= 0.6 is 0 Å². The summed E-state index contributed by atoms with van der Waals surface area (Å²) in [6, 6.07) is 11.6. The molecule has 3 aromatic heterocycles. The van der Waals surface area contributed by atoms with E-state index in [0.29, 0.717) is 13.0 Å². The molecule has 0 aliphatic carbocycles. The maximum Gasteiger partial charge on any atom is 0.238 e. The van der Waals surface area contributed by atoms with Gasteiger partial charge in [0.25, 0.3) is 0 Å². The van der Waals surface area contributed by atoms with Crippen LogP contribution in [0.2, 0.25) is 0 Å². The predicted octanol–water partition coefficient (Wildman–Crippen LogP) is 1.56. The molecule has 0 bridgehead atoms. The SMILES string of the molecule is O=C(NCCCCCc1nnc2ccccn12)C1CC(c2ccccn2)NN1. The first kappa shape index (κ1) is 18.5. The number of hydrogen-bond donors (Lipinski definition) is 3. The molecule has 4 heterocycles. The first-order chi connectivity index (χ1) is 13.8. The molecule has 0 radical (unpaired) electrons. The molecule has 3 aromatic rings. The van der Waals surface area contributed by atoms with Gasteiger partial charge < -0.3 is 5.32 Å². The molecule has 8 heteroatoms. The topological polar surface area (TPSA) is 96.2 Å². The number of rotatable bonds is 8. The third-order valence-corrected chi connectivity index (χ3v) is 5.03. The molecule has 1 aliphatic rings. The van der Waals surface area contributed by atoms with Crippen molar-refractivity contribution in [1.82, 2.24) is 35.8 Å². The molecular weight excluding hydrogens is 354 g/mol. The fraction of sp³-hybridized carbons (Fsp3) is 0.400. The minimum Gasteiger partial charge on any atom is -0.355 e. The van der Waals surface area contributed by atoms with Crippen molar-refractivity contribution in [1.29, 1.82) is 0 Å². The molecule has 1 fully saturated rings. The zero-order valence-electron chi connectivity index (χ0n) is 15.7. The maximum atomic E-state index is 12.3. The van der Waals surface area contributed by atoms with E-state index in [0.717, 1.165) is 42.8 Å². The average molecular weight is 379 g/mol. The zero-order valence-corrected chi connectivity index (χ0v) is 15.7. The molecule has 2 atom stereocenters. The van der Waals surface area contributed by atoms with E-state index in [4.69, 9.17) is 0 Å². The molecule has 2 unspecified atom stereocenters. The Morgan fingerprint density at radius 2 is 2.04 bits per heavy atom. The van der Waals surface area contributed by atoms with Crippen LogP contribution < -0.4 is 16.2 Å². The van der Waals surface area contributed by atoms with Crippen molar-refractivity contribution in [3.8, 4) is 0 Å². The number of carbonyl (C=O) groups excluding carboxylic acids is 1. The number of nitrogens with zero attached hydrogens (tertiary/aromatic N) is 4. The van der Waals surface area contributed by atoms with Gasteiger partial charge in [0.05, 0.1) is 11.7 Å². The van der Waals surface area contributed by atoms with Gasteiger partial charge in [-0.15, -0.1) is 10.2 Å². The van der Waals surface area contributed by atoms with E-state index < -0.39 is 0 Å². The highest BCUT2D eigenvalue weighted by molar-refractivity contribution is 5.82. The second-order valence-corrected chi connectivity index (χ2v) is 7.03. The smallest absolute Gasteiger partial charge is 0.238 e. The summed E-state index contributed by atoms with van der Waals surface area (Å²) in [6.45, 7) is 0.686. The average Bonchev–Trinajstić information content (AvgIpc) is 3.39. The highest BCUT2D eigenvalue weighted by Gasteiger charge is 2.30. The number of hydrazine groups is 1. The van der Waals surface area contributed by atoms with E-state index in [1.165, 1.54) is 0 Å². The lowest BCUT2D eigenvalue weighted by molar-refractivity contribution is -0.122. The summed E-state index contributed by atoms with van der Waals surface area (Å²) < 4.78 is 2.03. The summed E-state index contributed by atoms with van der Waals surface area (Å²) in [5.41, 5.74) is 8.06. The largest absolute Gasteiger partial charge is 0.355 e. The van der Waals surface area contributed by atoms with E-state index in [2.05, 4.69) is 31.3 Å². The summed E-state index contributed by atoms with van der Waals surface area (Å²) in [5, 5.41) is 11.4. The number of pyridine rings is 2. The minimum absolute atomic E-state index is 0.0365. The number of aromatic nitrogens is 4. The molecule has 28 heavy (non-hydrogen) atoms. The molecule has 1 aliphatic heterocycles. The number of nitrogens with one attached hydrogen (secondary N) is 3. The molecule has 4 rings (SSSR count). The predicted molar refractivity (Wildman–Crippen MR) is 105 cm³/mol. The van der Waals surface area contributed by atoms with Crippen LogP contribution in [0.1, 0.15) is 43.2 Å². The van der Waals surface area contributed by atoms with Crippen LogP contribution in [0.15, 0.2) is 48.8 Å². The van der Waals surface area contributed by atoms with Gasteiger partial charge in [-0.05, 0) is 43.5 Å². The normalized spacial score (nSPS) is 19.1. The van der Waals surface area contributed by atoms with Crippen molar-refractivity contribution in [2.24, 2.45) is 0 Å². The van der Waals surface area contributed by atoms with Crippen molar-refractivity contribution >= 4 is 11.6 Å². The van der Waals surface area contributed by atoms with Crippen LogP contribution in [0.25, 0.3) is 5.65 Å². The second-order valence-electron chi connectivity index (χ2n) is 7.03. The van der Waals surface area contributed by atoms with Crippen LogP contribution in [-0.2, 0) is 11.2 Å². The Hall–Kier alpha value is -2.84. The van der Waals surface area contributed by atoms with Crippen molar-refractivity contribution in [3.05, 3.63) is 60.3 Å². The standard InChI is InChI=1S/C20H25N7O/c28-20(17-14-16(23-24-17)15-8-3-6-11-21-15)22-12-5-1-2-9-18-25-26-19-10-4-7-13-27(18)19/h3-4,6-8,10-11,13,16-17,23-24H,1-2,5,9,12,14H2,(H,22,28). The van der Waals surface area contributed by atoms with Gasteiger partial charge in [0.1, 0.15) is 11.9 Å². The van der Waals surface area contributed by atoms with Gasteiger partial charge in [0, 0.05) is 25.4 Å². The lowest BCUT2D eigenvalue weighted by atomic mass is 10.1. The minimum atomic E-state index is -0.227. The number of fused-ring (bicyclic) bond motifs is 1. The molecule has 0 saturated carbocycles. The molecule has 0 aromatic carbocycles. The molecule has 146 valence electrons. The summed E-state index contributed by atoms with van der Waals surface area (Å²) >= 11 is 0. The van der Waals surface area contributed by atoms with Gasteiger partial charge in [0.15, 0.2) is 5.65 Å². The molecule has 1 saturated heterocycles. The summed E-state index contributed by atoms with van der Waals surface area (Å²) in [5.74, 6) is 1.02. The van der Waals surface area contributed by atoms with Gasteiger partial charge >= 0.3 is 0 Å². The number of aryl methyl sites for hydroxylation is 1. The Morgan fingerprint density at radius 3 is 2.93 bits per heavy atom. The first-order valence-corrected chi connectivity index (χ1v) is 9.79. The Labute approximate surface area is 163 Å². The fourth-order valence-electron chi connectivity index (χ4n) is 3.49. The number of amides is 1. The van der Waals surface area contributed by atoms with E-state index in [1.807, 2.05) is 47.0 Å². The zero-order chi connectivity index (χ0) is 19.2. The Balaban J connectivity index is 1.13. The molecular formula is C20H25N7O. The van der Waals surface area contributed by atoms with Gasteiger partial charge in [-0.25, -0.2) is 10.9 Å². The van der Waals surface area contributed by atoms with Gasteiger partial charge in [-0.3, -0.25) is 14.2 Å². The fourth-order valence-corrected chi connectivity index (χ4v) is 3.49. The third kappa shape index (κ3) is 4.35. The quantitative estimate of drug-likeness (QED) is 0.514. The van der Waals surface area contributed by atoms with E-state index in [9.17, 15) is 4.79 Å². The lowest BCUT2D eigenvalue weighted by Gasteiger charge is -2.10. The van der Waals surface area contributed by atoms with Crippen LogP contribution in [0.4, 0.5) is 0 Å². The van der Waals surface area contributed by atoms with Crippen molar-refractivity contribution in [2.75, 3.05) is 6.54 Å². The number of hydrogen-bond acceptors (Lipinski definition) is 6. The van der Waals surface area contributed by atoms with E-state index in [-0.39, 0.29) is 18.0 Å². The monoisotopic (exact) mass is 379 g/mol. The summed E-state index contributed by atoms with van der Waals surface area (Å²) in [7, 11) is 0. The summed E-state index contributed by atoms with van der Waals surface area (Å²) in [4.78, 5) is 16.7. The number of unbranched alkanes of at least 4 members (excludes halogenated alkanes) is 2. The number of carbonyl (C=O) groups is 1. The highest BCUT2D eigenvalue weighted by atomic mass is 16.2. The van der Waals surface area contributed by atoms with Gasteiger partial charge in [0.2, 0.25) is 5.91 Å². The van der Waals surface area contributed by atoms with E-state index in [1.54, 1.807) is 6.20 Å². The second kappa shape index (κ2) is 8.90. The maximum absolute atomic E-state index is 12.3. The Morgan fingerprint density at radius 1 is 1.11 bits per heavy atom. The van der Waals surface area contributed by atoms with Crippen LogP contribution in [0.3, 0.4) is 0 Å². The van der Waals surface area contributed by atoms with Crippen molar-refractivity contribution in [2.45, 2.75) is 44.2 Å².